The zero-order chi connectivity index (χ0) is 17.2. The van der Waals surface area contributed by atoms with Gasteiger partial charge in [-0.3, -0.25) is 4.90 Å². The van der Waals surface area contributed by atoms with Gasteiger partial charge in [-0.1, -0.05) is 18.2 Å². The second-order valence-corrected chi connectivity index (χ2v) is 10.2. The molecule has 3 heterocycles. The highest BCUT2D eigenvalue weighted by Crippen LogP contribution is 2.30. The third kappa shape index (κ3) is 4.14. The molecule has 2 atom stereocenters. The SMILES string of the molecule is CN(C)S(=O)(=O)N1C[C@H]2CC[C@@H](C1)N(CCSc1ccccc1)C2. The van der Waals surface area contributed by atoms with Crippen LogP contribution >= 0.6 is 11.8 Å². The number of fused-ring (bicyclic) bond motifs is 4. The number of nitrogens with zero attached hydrogens (tertiary/aromatic N) is 3. The summed E-state index contributed by atoms with van der Waals surface area (Å²) < 4.78 is 28.0. The maximum Gasteiger partial charge on any atom is 0.281 e. The molecule has 2 bridgehead atoms. The molecule has 1 aromatic carbocycles. The van der Waals surface area contributed by atoms with Crippen LogP contribution in [0.2, 0.25) is 0 Å². The molecule has 3 aliphatic heterocycles. The first-order valence-electron chi connectivity index (χ1n) is 8.56. The summed E-state index contributed by atoms with van der Waals surface area (Å²) in [7, 11) is -0.0584. The fraction of sp³-hybridized carbons (Fsp3) is 0.647. The minimum absolute atomic E-state index is 0.356. The van der Waals surface area contributed by atoms with Crippen LogP contribution < -0.4 is 0 Å². The first-order valence-corrected chi connectivity index (χ1v) is 10.9. The van der Waals surface area contributed by atoms with Crippen LogP contribution in [0.3, 0.4) is 0 Å². The first-order chi connectivity index (χ1) is 11.5. The first kappa shape index (κ1) is 18.2. The van der Waals surface area contributed by atoms with E-state index in [0.717, 1.165) is 31.7 Å². The van der Waals surface area contributed by atoms with Crippen LogP contribution in [0.5, 0.6) is 0 Å². The molecule has 0 saturated carbocycles. The van der Waals surface area contributed by atoms with Crippen molar-refractivity contribution < 1.29 is 8.42 Å². The number of hydrogen-bond donors (Lipinski definition) is 0. The van der Waals surface area contributed by atoms with Crippen molar-refractivity contribution in [2.75, 3.05) is 46.0 Å². The van der Waals surface area contributed by atoms with Gasteiger partial charge < -0.3 is 0 Å². The fourth-order valence-corrected chi connectivity index (χ4v) is 5.76. The van der Waals surface area contributed by atoms with Gasteiger partial charge in [-0.05, 0) is 30.9 Å². The van der Waals surface area contributed by atoms with Crippen molar-refractivity contribution in [3.63, 3.8) is 0 Å². The molecule has 1 aromatic rings. The Hall–Kier alpha value is -0.600. The van der Waals surface area contributed by atoms with Crippen molar-refractivity contribution in [3.8, 4) is 0 Å². The molecule has 0 aromatic heterocycles. The van der Waals surface area contributed by atoms with Gasteiger partial charge >= 0.3 is 0 Å². The monoisotopic (exact) mass is 369 g/mol. The van der Waals surface area contributed by atoms with E-state index in [0.29, 0.717) is 25.0 Å². The highest BCUT2D eigenvalue weighted by molar-refractivity contribution is 7.99. The van der Waals surface area contributed by atoms with E-state index in [9.17, 15) is 8.42 Å². The zero-order valence-corrected chi connectivity index (χ0v) is 16.1. The van der Waals surface area contributed by atoms with Crippen LogP contribution in [0.25, 0.3) is 0 Å². The average molecular weight is 370 g/mol. The fourth-order valence-electron chi connectivity index (χ4n) is 3.63. The summed E-state index contributed by atoms with van der Waals surface area (Å²) in [6, 6.07) is 10.8. The van der Waals surface area contributed by atoms with Gasteiger partial charge in [-0.2, -0.15) is 17.0 Å². The van der Waals surface area contributed by atoms with Crippen molar-refractivity contribution in [1.82, 2.24) is 13.5 Å². The largest absolute Gasteiger partial charge is 0.298 e. The van der Waals surface area contributed by atoms with Crippen LogP contribution in [0, 0.1) is 5.92 Å². The second kappa shape index (κ2) is 7.74. The van der Waals surface area contributed by atoms with E-state index >= 15 is 0 Å². The van der Waals surface area contributed by atoms with Crippen molar-refractivity contribution in [2.24, 2.45) is 5.92 Å². The highest BCUT2D eigenvalue weighted by atomic mass is 32.2. The predicted molar refractivity (Wildman–Crippen MR) is 99.4 cm³/mol. The third-order valence-electron chi connectivity index (χ3n) is 4.97. The number of rotatable bonds is 6. The summed E-state index contributed by atoms with van der Waals surface area (Å²) in [5.41, 5.74) is 0. The average Bonchev–Trinajstić information content (AvgIpc) is 2.88. The molecule has 24 heavy (non-hydrogen) atoms. The Bertz CT molecular complexity index is 636. The van der Waals surface area contributed by atoms with E-state index in [1.54, 1.807) is 18.4 Å². The molecule has 0 unspecified atom stereocenters. The molecule has 3 fully saturated rings. The third-order valence-corrected chi connectivity index (χ3v) is 7.84. The van der Waals surface area contributed by atoms with Gasteiger partial charge in [0.05, 0.1) is 0 Å². The minimum atomic E-state index is -3.30. The summed E-state index contributed by atoms with van der Waals surface area (Å²) in [6.45, 7) is 3.35. The molecule has 3 aliphatic rings. The van der Waals surface area contributed by atoms with E-state index in [-0.39, 0.29) is 0 Å². The molecule has 134 valence electrons. The van der Waals surface area contributed by atoms with Crippen LogP contribution in [0.1, 0.15) is 12.8 Å². The molecule has 5 nitrogen and oxygen atoms in total. The minimum Gasteiger partial charge on any atom is -0.298 e. The normalized spacial score (nSPS) is 26.0. The number of hydrogen-bond acceptors (Lipinski definition) is 4. The summed E-state index contributed by atoms with van der Waals surface area (Å²) >= 11 is 1.88. The second-order valence-electron chi connectivity index (χ2n) is 6.86. The van der Waals surface area contributed by atoms with E-state index in [4.69, 9.17) is 0 Å². The summed E-state index contributed by atoms with van der Waals surface area (Å²) in [4.78, 5) is 3.81. The Morgan fingerprint density at radius 2 is 1.88 bits per heavy atom. The molecular weight excluding hydrogens is 342 g/mol. The van der Waals surface area contributed by atoms with Crippen molar-refractivity contribution >= 4 is 22.0 Å². The Morgan fingerprint density at radius 3 is 2.58 bits per heavy atom. The van der Waals surface area contributed by atoms with E-state index in [2.05, 4.69) is 29.2 Å². The Labute approximate surface area is 150 Å². The van der Waals surface area contributed by atoms with Gasteiger partial charge in [-0.15, -0.1) is 11.8 Å². The van der Waals surface area contributed by atoms with Gasteiger partial charge in [0.2, 0.25) is 0 Å². The summed E-state index contributed by atoms with van der Waals surface area (Å²) in [5.74, 6) is 1.51. The van der Waals surface area contributed by atoms with Crippen LogP contribution in [-0.2, 0) is 10.2 Å². The Kier molecular flexibility index (Phi) is 5.87. The van der Waals surface area contributed by atoms with Crippen molar-refractivity contribution in [3.05, 3.63) is 30.3 Å². The lowest BCUT2D eigenvalue weighted by molar-refractivity contribution is 0.142. The van der Waals surface area contributed by atoms with Crippen molar-refractivity contribution in [2.45, 2.75) is 23.8 Å². The summed E-state index contributed by atoms with van der Waals surface area (Å²) in [6.07, 6.45) is 2.26. The lowest BCUT2D eigenvalue weighted by atomic mass is 9.95. The van der Waals surface area contributed by atoms with E-state index in [1.807, 2.05) is 17.8 Å². The van der Waals surface area contributed by atoms with Crippen molar-refractivity contribution in [1.29, 1.82) is 0 Å². The van der Waals surface area contributed by atoms with Crippen LogP contribution in [0.4, 0.5) is 0 Å². The maximum atomic E-state index is 12.5. The van der Waals surface area contributed by atoms with Gasteiger partial charge in [0.1, 0.15) is 0 Å². The molecule has 4 rings (SSSR count). The number of benzene rings is 1. The Morgan fingerprint density at radius 1 is 1.12 bits per heavy atom. The smallest absolute Gasteiger partial charge is 0.281 e. The quantitative estimate of drug-likeness (QED) is 0.719. The predicted octanol–water partition coefficient (Wildman–Crippen LogP) is 1.98. The van der Waals surface area contributed by atoms with E-state index in [1.165, 1.54) is 9.20 Å². The molecule has 0 spiro atoms. The molecule has 0 amide bonds. The van der Waals surface area contributed by atoms with Gasteiger partial charge in [0.15, 0.2) is 0 Å². The zero-order valence-electron chi connectivity index (χ0n) is 14.5. The Balaban J connectivity index is 1.59. The molecule has 0 N–H and O–H groups in total. The van der Waals surface area contributed by atoms with Gasteiger partial charge in [0.25, 0.3) is 10.2 Å². The topological polar surface area (TPSA) is 43.9 Å². The molecular formula is C17H27N3O2S2. The summed E-state index contributed by atoms with van der Waals surface area (Å²) in [5, 5.41) is 0. The van der Waals surface area contributed by atoms with E-state index < -0.39 is 10.2 Å². The molecule has 0 radical (unpaired) electrons. The molecule has 3 saturated heterocycles. The molecule has 7 heteroatoms. The molecule has 0 aliphatic carbocycles. The lowest BCUT2D eigenvalue weighted by Crippen LogP contribution is -2.46. The van der Waals surface area contributed by atoms with Crippen LogP contribution in [-0.4, -0.2) is 74.0 Å². The number of piperidine rings is 1. The maximum absolute atomic E-state index is 12.5. The standard InChI is InChI=1S/C17H27N3O2S2/c1-18(2)24(21,22)20-13-15-8-9-16(14-20)19(12-15)10-11-23-17-6-4-3-5-7-17/h3-7,15-16H,8-14H2,1-2H3/t15-,16-/m0/s1. The lowest BCUT2D eigenvalue weighted by Gasteiger charge is -2.36. The van der Waals surface area contributed by atoms with Gasteiger partial charge in [-0.25, -0.2) is 0 Å². The number of thioether (sulfide) groups is 1. The highest BCUT2D eigenvalue weighted by Gasteiger charge is 2.39. The van der Waals surface area contributed by atoms with Gasteiger partial charge in [0, 0.05) is 57.0 Å². The van der Waals surface area contributed by atoms with Crippen LogP contribution in [0.15, 0.2) is 35.2 Å².